The molecule has 0 radical (unpaired) electrons. The van der Waals surface area contributed by atoms with E-state index >= 15 is 0 Å². The maximum absolute atomic E-state index is 12.0. The second-order valence-corrected chi connectivity index (χ2v) is 5.96. The van der Waals surface area contributed by atoms with Gasteiger partial charge in [-0.3, -0.25) is 4.79 Å². The van der Waals surface area contributed by atoms with Gasteiger partial charge in [-0.1, -0.05) is 40.9 Å². The number of carbonyl (C=O) groups excluding carboxylic acids is 1. The zero-order valence-electron chi connectivity index (χ0n) is 12.5. The monoisotopic (exact) mass is 373 g/mol. The molecule has 0 fully saturated rings. The van der Waals surface area contributed by atoms with Crippen molar-refractivity contribution in [3.05, 3.63) is 51.0 Å². The van der Waals surface area contributed by atoms with Crippen LogP contribution in [0.5, 0.6) is 11.5 Å². The number of methoxy groups -OCH3 is 1. The molecular weight excluding hydrogens is 361 g/mol. The molecule has 0 saturated heterocycles. The lowest BCUT2D eigenvalue weighted by molar-refractivity contribution is -0.118. The number of anilines is 1. The van der Waals surface area contributed by atoms with E-state index < -0.39 is 0 Å². The van der Waals surface area contributed by atoms with Gasteiger partial charge in [0.1, 0.15) is 11.5 Å². The summed E-state index contributed by atoms with van der Waals surface area (Å²) in [7, 11) is 1.53. The van der Waals surface area contributed by atoms with Crippen LogP contribution in [-0.2, 0) is 4.79 Å². The fourth-order valence-corrected chi connectivity index (χ4v) is 2.46. The van der Waals surface area contributed by atoms with E-state index in [2.05, 4.69) is 5.32 Å². The quantitative estimate of drug-likeness (QED) is 0.751. The van der Waals surface area contributed by atoms with Crippen molar-refractivity contribution in [2.45, 2.75) is 6.92 Å². The summed E-state index contributed by atoms with van der Waals surface area (Å²) in [5.74, 6) is 0.500. The van der Waals surface area contributed by atoms with E-state index in [0.29, 0.717) is 21.5 Å². The summed E-state index contributed by atoms with van der Waals surface area (Å²) >= 11 is 17.7. The average Bonchev–Trinajstić information content (AvgIpc) is 2.50. The summed E-state index contributed by atoms with van der Waals surface area (Å²) in [6.45, 7) is 1.69. The lowest BCUT2D eigenvalue weighted by Crippen LogP contribution is -2.20. The van der Waals surface area contributed by atoms with Crippen molar-refractivity contribution in [3.8, 4) is 11.5 Å². The average molecular weight is 375 g/mol. The minimum atomic E-state index is -0.351. The van der Waals surface area contributed by atoms with E-state index in [1.807, 2.05) is 19.1 Å². The summed E-state index contributed by atoms with van der Waals surface area (Å²) in [5.41, 5.74) is 1.57. The molecule has 0 aliphatic rings. The number of nitrogens with one attached hydrogen (secondary N) is 1. The Hall–Kier alpha value is -1.62. The van der Waals surface area contributed by atoms with E-state index in [9.17, 15) is 4.79 Å². The molecule has 2 rings (SSSR count). The standard InChI is InChI=1S/C16H14Cl3NO3/c1-9-3-4-14(22-2)13(5-9)20-16(21)8-23-15-7-11(18)10(17)6-12(15)19/h3-7H,8H2,1-2H3,(H,20,21). The lowest BCUT2D eigenvalue weighted by atomic mass is 10.2. The van der Waals surface area contributed by atoms with E-state index in [0.717, 1.165) is 5.56 Å². The topological polar surface area (TPSA) is 47.6 Å². The van der Waals surface area contributed by atoms with Crippen molar-refractivity contribution < 1.29 is 14.3 Å². The predicted molar refractivity (Wildman–Crippen MR) is 93.3 cm³/mol. The molecule has 4 nitrogen and oxygen atoms in total. The van der Waals surface area contributed by atoms with Gasteiger partial charge in [0.2, 0.25) is 0 Å². The first-order valence-electron chi connectivity index (χ1n) is 6.62. The fraction of sp³-hybridized carbons (Fsp3) is 0.188. The van der Waals surface area contributed by atoms with Gasteiger partial charge in [0.25, 0.3) is 5.91 Å². The van der Waals surface area contributed by atoms with Gasteiger partial charge in [-0.15, -0.1) is 0 Å². The van der Waals surface area contributed by atoms with Crippen molar-refractivity contribution in [1.82, 2.24) is 0 Å². The molecule has 0 aromatic heterocycles. The van der Waals surface area contributed by atoms with E-state index in [1.54, 1.807) is 6.07 Å². The van der Waals surface area contributed by atoms with Crippen molar-refractivity contribution in [2.75, 3.05) is 19.0 Å². The zero-order chi connectivity index (χ0) is 17.0. The smallest absolute Gasteiger partial charge is 0.262 e. The van der Waals surface area contributed by atoms with Crippen LogP contribution in [-0.4, -0.2) is 19.6 Å². The Balaban J connectivity index is 2.04. The van der Waals surface area contributed by atoms with Crippen LogP contribution in [0, 0.1) is 6.92 Å². The Morgan fingerprint density at radius 2 is 1.74 bits per heavy atom. The van der Waals surface area contributed by atoms with Gasteiger partial charge in [-0.05, 0) is 30.7 Å². The molecule has 23 heavy (non-hydrogen) atoms. The van der Waals surface area contributed by atoms with Crippen molar-refractivity contribution >= 4 is 46.4 Å². The van der Waals surface area contributed by atoms with Gasteiger partial charge < -0.3 is 14.8 Å². The van der Waals surface area contributed by atoms with Gasteiger partial charge >= 0.3 is 0 Å². The summed E-state index contributed by atoms with van der Waals surface area (Å²) in [5, 5.41) is 3.62. The van der Waals surface area contributed by atoms with Crippen LogP contribution in [0.2, 0.25) is 15.1 Å². The number of amides is 1. The maximum atomic E-state index is 12.0. The molecule has 1 N–H and O–H groups in total. The highest BCUT2D eigenvalue weighted by atomic mass is 35.5. The van der Waals surface area contributed by atoms with Crippen molar-refractivity contribution in [3.63, 3.8) is 0 Å². The molecule has 0 aliphatic carbocycles. The normalized spacial score (nSPS) is 10.3. The van der Waals surface area contributed by atoms with Crippen LogP contribution in [0.4, 0.5) is 5.69 Å². The highest BCUT2D eigenvalue weighted by Gasteiger charge is 2.11. The van der Waals surface area contributed by atoms with Gasteiger partial charge in [0, 0.05) is 6.07 Å². The molecule has 0 bridgehead atoms. The summed E-state index contributed by atoms with van der Waals surface area (Å²) in [6.07, 6.45) is 0. The SMILES string of the molecule is COc1ccc(C)cc1NC(=O)COc1cc(Cl)c(Cl)cc1Cl. The minimum absolute atomic E-state index is 0.227. The number of carbonyl (C=O) groups is 1. The Kier molecular flexibility index (Phi) is 5.99. The highest BCUT2D eigenvalue weighted by Crippen LogP contribution is 2.33. The number of hydrogen-bond acceptors (Lipinski definition) is 3. The molecule has 0 unspecified atom stereocenters. The van der Waals surface area contributed by atoms with Gasteiger partial charge in [-0.2, -0.15) is 0 Å². The Labute approximate surface area is 149 Å². The number of rotatable bonds is 5. The molecule has 0 spiro atoms. The lowest BCUT2D eigenvalue weighted by Gasteiger charge is -2.12. The fourth-order valence-electron chi connectivity index (χ4n) is 1.86. The number of hydrogen-bond donors (Lipinski definition) is 1. The number of halogens is 3. The molecule has 0 saturated carbocycles. The van der Waals surface area contributed by atoms with Crippen LogP contribution >= 0.6 is 34.8 Å². The Bertz CT molecular complexity index is 735. The van der Waals surface area contributed by atoms with E-state index in [-0.39, 0.29) is 23.3 Å². The summed E-state index contributed by atoms with van der Waals surface area (Å²) in [4.78, 5) is 12.0. The summed E-state index contributed by atoms with van der Waals surface area (Å²) in [6, 6.07) is 8.40. The third-order valence-electron chi connectivity index (χ3n) is 2.96. The first kappa shape index (κ1) is 17.7. The number of ether oxygens (including phenoxy) is 2. The summed E-state index contributed by atoms with van der Waals surface area (Å²) < 4.78 is 10.6. The Morgan fingerprint density at radius 1 is 1.04 bits per heavy atom. The predicted octanol–water partition coefficient (Wildman–Crippen LogP) is 4.98. The highest BCUT2D eigenvalue weighted by molar-refractivity contribution is 6.43. The third kappa shape index (κ3) is 4.67. The molecule has 2 aromatic carbocycles. The largest absolute Gasteiger partial charge is 0.495 e. The van der Waals surface area contributed by atoms with Crippen molar-refractivity contribution in [2.24, 2.45) is 0 Å². The first-order valence-corrected chi connectivity index (χ1v) is 7.76. The molecule has 7 heteroatoms. The zero-order valence-corrected chi connectivity index (χ0v) is 14.7. The molecular formula is C16H14Cl3NO3. The third-order valence-corrected chi connectivity index (χ3v) is 3.98. The first-order chi connectivity index (χ1) is 10.9. The van der Waals surface area contributed by atoms with Gasteiger partial charge in [0.15, 0.2) is 6.61 Å². The van der Waals surface area contributed by atoms with Crippen LogP contribution in [0.3, 0.4) is 0 Å². The molecule has 2 aromatic rings. The maximum Gasteiger partial charge on any atom is 0.262 e. The van der Waals surface area contributed by atoms with Crippen LogP contribution < -0.4 is 14.8 Å². The van der Waals surface area contributed by atoms with E-state index in [4.69, 9.17) is 44.3 Å². The minimum Gasteiger partial charge on any atom is -0.495 e. The van der Waals surface area contributed by atoms with Crippen molar-refractivity contribution in [1.29, 1.82) is 0 Å². The van der Waals surface area contributed by atoms with Gasteiger partial charge in [-0.25, -0.2) is 0 Å². The number of aryl methyl sites for hydroxylation is 1. The molecule has 0 heterocycles. The molecule has 1 amide bonds. The number of benzene rings is 2. The second kappa shape index (κ2) is 7.77. The second-order valence-electron chi connectivity index (χ2n) is 4.74. The van der Waals surface area contributed by atoms with Gasteiger partial charge in [0.05, 0.1) is 27.9 Å². The molecule has 0 atom stereocenters. The van der Waals surface area contributed by atoms with Crippen LogP contribution in [0.1, 0.15) is 5.56 Å². The van der Waals surface area contributed by atoms with E-state index in [1.165, 1.54) is 19.2 Å². The molecule has 122 valence electrons. The molecule has 0 aliphatic heterocycles. The van der Waals surface area contributed by atoms with Crippen LogP contribution in [0.25, 0.3) is 0 Å². The van der Waals surface area contributed by atoms with Crippen LogP contribution in [0.15, 0.2) is 30.3 Å². The Morgan fingerprint density at radius 3 is 2.43 bits per heavy atom.